The van der Waals surface area contributed by atoms with E-state index >= 15 is 0 Å². The van der Waals surface area contributed by atoms with Crippen molar-refractivity contribution in [2.75, 3.05) is 0 Å². The second-order valence-electron chi connectivity index (χ2n) is 5.37. The Hall–Kier alpha value is -1.82. The number of hydrogen-bond acceptors (Lipinski definition) is 5. The molecule has 0 atom stereocenters. The van der Waals surface area contributed by atoms with E-state index in [0.29, 0.717) is 17.5 Å². The molecule has 0 aliphatic rings. The highest BCUT2D eigenvalue weighted by atomic mass is 32.2. The molecule has 0 fully saturated rings. The van der Waals surface area contributed by atoms with Crippen LogP contribution < -0.4 is 0 Å². The van der Waals surface area contributed by atoms with E-state index in [2.05, 4.69) is 10.2 Å². The van der Waals surface area contributed by atoms with Gasteiger partial charge in [-0.05, 0) is 18.2 Å². The van der Waals surface area contributed by atoms with Gasteiger partial charge in [0.15, 0.2) is 0 Å². The van der Waals surface area contributed by atoms with Gasteiger partial charge in [0.05, 0.1) is 11.3 Å². The fourth-order valence-corrected chi connectivity index (χ4v) is 2.27. The van der Waals surface area contributed by atoms with Crippen LogP contribution in [0.3, 0.4) is 0 Å². The van der Waals surface area contributed by atoms with Gasteiger partial charge in [-0.25, -0.2) is 4.79 Å². The molecular weight excluding hydrogens is 276 g/mol. The van der Waals surface area contributed by atoms with Crippen LogP contribution in [-0.2, 0) is 11.2 Å². The SMILES string of the molecule is CC(C)(C)c1nnc(CSc2cccc(C(=O)O)c2)o1. The zero-order valence-electron chi connectivity index (χ0n) is 11.6. The first-order valence-electron chi connectivity index (χ1n) is 6.15. The third-order valence-electron chi connectivity index (χ3n) is 2.55. The van der Waals surface area contributed by atoms with E-state index in [4.69, 9.17) is 9.52 Å². The van der Waals surface area contributed by atoms with Crippen LogP contribution in [0.15, 0.2) is 33.6 Å². The molecule has 0 amide bonds. The average Bonchev–Trinajstić information content (AvgIpc) is 2.85. The number of benzene rings is 1. The molecule has 0 bridgehead atoms. The fourth-order valence-electron chi connectivity index (χ4n) is 1.48. The third kappa shape index (κ3) is 3.60. The number of hydrogen-bond donors (Lipinski definition) is 1. The lowest BCUT2D eigenvalue weighted by atomic mass is 9.97. The van der Waals surface area contributed by atoms with E-state index in [1.165, 1.54) is 11.8 Å². The molecule has 5 nitrogen and oxygen atoms in total. The van der Waals surface area contributed by atoms with Gasteiger partial charge in [-0.3, -0.25) is 0 Å². The number of rotatable bonds is 4. The summed E-state index contributed by atoms with van der Waals surface area (Å²) in [4.78, 5) is 11.8. The summed E-state index contributed by atoms with van der Waals surface area (Å²) >= 11 is 1.47. The topological polar surface area (TPSA) is 76.2 Å². The van der Waals surface area contributed by atoms with Crippen molar-refractivity contribution in [3.63, 3.8) is 0 Å². The molecule has 2 rings (SSSR count). The lowest BCUT2D eigenvalue weighted by Crippen LogP contribution is -2.11. The zero-order chi connectivity index (χ0) is 14.8. The molecule has 0 aliphatic carbocycles. The number of carbonyl (C=O) groups is 1. The number of aromatic nitrogens is 2. The standard InChI is InChI=1S/C14H16N2O3S/c1-14(2,3)13-16-15-11(19-13)8-20-10-6-4-5-9(7-10)12(17)18/h4-7H,8H2,1-3H3,(H,17,18). The number of nitrogens with zero attached hydrogens (tertiary/aromatic N) is 2. The number of carboxylic acid groups (broad SMARTS) is 1. The smallest absolute Gasteiger partial charge is 0.335 e. The van der Waals surface area contributed by atoms with E-state index in [9.17, 15) is 4.79 Å². The molecular formula is C14H16N2O3S. The maximum atomic E-state index is 10.9. The summed E-state index contributed by atoms with van der Waals surface area (Å²) in [6.45, 7) is 6.02. The molecule has 106 valence electrons. The van der Waals surface area contributed by atoms with E-state index in [-0.39, 0.29) is 11.0 Å². The Balaban J connectivity index is 2.04. The van der Waals surface area contributed by atoms with Gasteiger partial charge in [0, 0.05) is 10.3 Å². The van der Waals surface area contributed by atoms with Crippen LogP contribution in [-0.4, -0.2) is 21.3 Å². The largest absolute Gasteiger partial charge is 0.478 e. The monoisotopic (exact) mass is 292 g/mol. The molecule has 1 N–H and O–H groups in total. The first-order chi connectivity index (χ1) is 9.36. The van der Waals surface area contributed by atoms with Gasteiger partial charge in [0.25, 0.3) is 0 Å². The van der Waals surface area contributed by atoms with Crippen molar-refractivity contribution >= 4 is 17.7 Å². The molecule has 0 aliphatic heterocycles. The van der Waals surface area contributed by atoms with Crippen LogP contribution in [0.2, 0.25) is 0 Å². The Labute approximate surface area is 121 Å². The number of thioether (sulfide) groups is 1. The molecule has 0 radical (unpaired) electrons. The number of carboxylic acids is 1. The summed E-state index contributed by atoms with van der Waals surface area (Å²) < 4.78 is 5.59. The normalized spacial score (nSPS) is 11.6. The Kier molecular flexibility index (Phi) is 4.13. The van der Waals surface area contributed by atoms with E-state index < -0.39 is 5.97 Å². The van der Waals surface area contributed by atoms with Crippen molar-refractivity contribution in [2.45, 2.75) is 36.8 Å². The van der Waals surface area contributed by atoms with Crippen LogP contribution in [0, 0.1) is 0 Å². The Morgan fingerprint density at radius 1 is 1.35 bits per heavy atom. The molecule has 1 aromatic carbocycles. The van der Waals surface area contributed by atoms with E-state index in [0.717, 1.165) is 4.90 Å². The summed E-state index contributed by atoms with van der Waals surface area (Å²) in [5, 5.41) is 17.0. The highest BCUT2D eigenvalue weighted by Crippen LogP contribution is 2.25. The van der Waals surface area contributed by atoms with Gasteiger partial charge < -0.3 is 9.52 Å². The molecule has 1 heterocycles. The van der Waals surface area contributed by atoms with Gasteiger partial charge in [0.2, 0.25) is 11.8 Å². The van der Waals surface area contributed by atoms with Gasteiger partial charge in [0.1, 0.15) is 0 Å². The lowest BCUT2D eigenvalue weighted by Gasteiger charge is -2.10. The van der Waals surface area contributed by atoms with Gasteiger partial charge >= 0.3 is 5.97 Å². The van der Waals surface area contributed by atoms with Crippen LogP contribution in [0.4, 0.5) is 0 Å². The van der Waals surface area contributed by atoms with Gasteiger partial charge in [-0.2, -0.15) is 0 Å². The molecule has 20 heavy (non-hydrogen) atoms. The predicted octanol–water partition coefficient (Wildman–Crippen LogP) is 3.36. The van der Waals surface area contributed by atoms with Crippen molar-refractivity contribution in [2.24, 2.45) is 0 Å². The van der Waals surface area contributed by atoms with Crippen LogP contribution in [0.5, 0.6) is 0 Å². The van der Waals surface area contributed by atoms with Gasteiger partial charge in [-0.15, -0.1) is 22.0 Å². The van der Waals surface area contributed by atoms with Crippen LogP contribution in [0.1, 0.15) is 42.9 Å². The van der Waals surface area contributed by atoms with Crippen molar-refractivity contribution in [1.82, 2.24) is 10.2 Å². The minimum atomic E-state index is -0.930. The van der Waals surface area contributed by atoms with Crippen molar-refractivity contribution in [3.05, 3.63) is 41.6 Å². The summed E-state index contributed by atoms with van der Waals surface area (Å²) in [5.74, 6) is 0.736. The Morgan fingerprint density at radius 2 is 2.10 bits per heavy atom. The van der Waals surface area contributed by atoms with Gasteiger partial charge in [-0.1, -0.05) is 26.8 Å². The maximum absolute atomic E-state index is 10.9. The first-order valence-corrected chi connectivity index (χ1v) is 7.14. The zero-order valence-corrected chi connectivity index (χ0v) is 12.4. The fraction of sp³-hybridized carbons (Fsp3) is 0.357. The summed E-state index contributed by atoms with van der Waals surface area (Å²) in [5.41, 5.74) is 0.106. The summed E-state index contributed by atoms with van der Waals surface area (Å²) in [7, 11) is 0. The average molecular weight is 292 g/mol. The second kappa shape index (κ2) is 5.66. The lowest BCUT2D eigenvalue weighted by molar-refractivity contribution is 0.0696. The third-order valence-corrected chi connectivity index (χ3v) is 3.53. The molecule has 0 saturated heterocycles. The van der Waals surface area contributed by atoms with Crippen LogP contribution >= 0.6 is 11.8 Å². The molecule has 0 spiro atoms. The Morgan fingerprint density at radius 3 is 2.70 bits per heavy atom. The number of aromatic carboxylic acids is 1. The second-order valence-corrected chi connectivity index (χ2v) is 6.42. The van der Waals surface area contributed by atoms with E-state index in [1.807, 2.05) is 26.8 Å². The summed E-state index contributed by atoms with van der Waals surface area (Å²) in [6.07, 6.45) is 0. The van der Waals surface area contributed by atoms with Crippen molar-refractivity contribution < 1.29 is 14.3 Å². The summed E-state index contributed by atoms with van der Waals surface area (Å²) in [6, 6.07) is 6.78. The Bertz CT molecular complexity index is 617. The highest BCUT2D eigenvalue weighted by Gasteiger charge is 2.21. The first kappa shape index (κ1) is 14.6. The minimum absolute atomic E-state index is 0.168. The predicted molar refractivity (Wildman–Crippen MR) is 76.0 cm³/mol. The molecule has 6 heteroatoms. The molecule has 0 saturated carbocycles. The highest BCUT2D eigenvalue weighted by molar-refractivity contribution is 7.98. The van der Waals surface area contributed by atoms with Crippen molar-refractivity contribution in [1.29, 1.82) is 0 Å². The maximum Gasteiger partial charge on any atom is 0.335 e. The van der Waals surface area contributed by atoms with Crippen molar-refractivity contribution in [3.8, 4) is 0 Å². The van der Waals surface area contributed by atoms with E-state index in [1.54, 1.807) is 18.2 Å². The molecule has 2 aromatic rings. The molecule has 0 unspecified atom stereocenters. The quantitative estimate of drug-likeness (QED) is 0.871. The van der Waals surface area contributed by atoms with Crippen LogP contribution in [0.25, 0.3) is 0 Å². The molecule has 1 aromatic heterocycles. The minimum Gasteiger partial charge on any atom is -0.478 e.